The summed E-state index contributed by atoms with van der Waals surface area (Å²) < 4.78 is 0. The Balaban J connectivity index is 1.92. The van der Waals surface area contributed by atoms with E-state index in [9.17, 15) is 9.59 Å². The number of nitrogens with one attached hydrogen (secondary N) is 2. The Morgan fingerprint density at radius 2 is 2.05 bits per heavy atom. The molecule has 4 N–H and O–H groups in total. The van der Waals surface area contributed by atoms with Crippen LogP contribution in [-0.2, 0) is 4.79 Å². The summed E-state index contributed by atoms with van der Waals surface area (Å²) in [7, 11) is 0. The maximum atomic E-state index is 12.1. The molecule has 2 amide bonds. The van der Waals surface area contributed by atoms with Crippen molar-refractivity contribution in [1.29, 1.82) is 0 Å². The molecule has 2 atom stereocenters. The van der Waals surface area contributed by atoms with E-state index in [1.807, 2.05) is 0 Å². The van der Waals surface area contributed by atoms with Crippen molar-refractivity contribution in [2.75, 3.05) is 11.9 Å². The number of nitrogens with two attached hydrogens (primary N) is 1. The van der Waals surface area contributed by atoms with E-state index < -0.39 is 5.91 Å². The minimum atomic E-state index is -0.577. The van der Waals surface area contributed by atoms with E-state index in [1.165, 1.54) is 12.5 Å². The van der Waals surface area contributed by atoms with Crippen LogP contribution >= 0.6 is 11.6 Å². The molecule has 1 aromatic rings. The van der Waals surface area contributed by atoms with Crippen LogP contribution in [0.3, 0.4) is 0 Å². The number of rotatable bonds is 5. The second-order valence-corrected chi connectivity index (χ2v) is 6.28. The second kappa shape index (κ2) is 7.49. The van der Waals surface area contributed by atoms with Gasteiger partial charge >= 0.3 is 0 Å². The topological polar surface area (TPSA) is 84.2 Å². The Morgan fingerprint density at radius 1 is 1.32 bits per heavy atom. The molecular formula is C16H22ClN3O2. The van der Waals surface area contributed by atoms with Crippen LogP contribution in [0.5, 0.6) is 0 Å². The quantitative estimate of drug-likeness (QED) is 0.778. The van der Waals surface area contributed by atoms with Crippen LogP contribution in [-0.4, -0.2) is 24.4 Å². The summed E-state index contributed by atoms with van der Waals surface area (Å²) in [6.07, 6.45) is 4.58. The summed E-state index contributed by atoms with van der Waals surface area (Å²) in [4.78, 5) is 23.5. The number of carbonyl (C=O) groups excluding carboxylic acids is 2. The molecule has 1 saturated carbocycles. The largest absolute Gasteiger partial charge is 0.376 e. The maximum Gasteiger partial charge on any atom is 0.250 e. The summed E-state index contributed by atoms with van der Waals surface area (Å²) >= 11 is 5.85. The Labute approximate surface area is 135 Å². The van der Waals surface area contributed by atoms with E-state index in [0.29, 0.717) is 16.6 Å². The zero-order chi connectivity index (χ0) is 16.1. The third-order valence-electron chi connectivity index (χ3n) is 4.14. The van der Waals surface area contributed by atoms with Gasteiger partial charge in [-0.05, 0) is 37.0 Å². The van der Waals surface area contributed by atoms with Crippen molar-refractivity contribution >= 4 is 29.1 Å². The van der Waals surface area contributed by atoms with Gasteiger partial charge in [0.1, 0.15) is 0 Å². The second-order valence-electron chi connectivity index (χ2n) is 5.84. The lowest BCUT2D eigenvalue weighted by Crippen LogP contribution is -2.43. The molecule has 120 valence electrons. The van der Waals surface area contributed by atoms with Gasteiger partial charge in [0.25, 0.3) is 5.91 Å². The predicted octanol–water partition coefficient (Wildman–Crippen LogP) is 2.55. The first-order chi connectivity index (χ1) is 10.5. The molecule has 1 fully saturated rings. The maximum absolute atomic E-state index is 12.1. The summed E-state index contributed by atoms with van der Waals surface area (Å²) in [5, 5.41) is 6.44. The molecule has 0 radical (unpaired) electrons. The minimum absolute atomic E-state index is 0.0795. The molecule has 0 aliphatic heterocycles. The molecule has 2 rings (SSSR count). The van der Waals surface area contributed by atoms with Gasteiger partial charge in [-0.2, -0.15) is 0 Å². The van der Waals surface area contributed by atoms with Crippen molar-refractivity contribution in [2.24, 2.45) is 11.7 Å². The van der Waals surface area contributed by atoms with Crippen molar-refractivity contribution in [3.05, 3.63) is 28.8 Å². The molecule has 1 aliphatic rings. The molecule has 5 nitrogen and oxygen atoms in total. The zero-order valence-corrected chi connectivity index (χ0v) is 13.5. The van der Waals surface area contributed by atoms with E-state index in [0.717, 1.165) is 19.3 Å². The summed E-state index contributed by atoms with van der Waals surface area (Å²) in [5.41, 5.74) is 6.12. The van der Waals surface area contributed by atoms with Crippen molar-refractivity contribution < 1.29 is 9.59 Å². The fourth-order valence-electron chi connectivity index (χ4n) is 2.84. The smallest absolute Gasteiger partial charge is 0.250 e. The van der Waals surface area contributed by atoms with Crippen LogP contribution in [0.25, 0.3) is 0 Å². The average Bonchev–Trinajstić information content (AvgIpc) is 2.48. The van der Waals surface area contributed by atoms with Crippen LogP contribution in [0.2, 0.25) is 5.02 Å². The molecule has 6 heteroatoms. The molecular weight excluding hydrogens is 302 g/mol. The Morgan fingerprint density at radius 3 is 2.73 bits per heavy atom. The van der Waals surface area contributed by atoms with E-state index in [2.05, 4.69) is 17.6 Å². The zero-order valence-electron chi connectivity index (χ0n) is 12.7. The molecule has 1 aromatic carbocycles. The molecule has 0 spiro atoms. The van der Waals surface area contributed by atoms with Gasteiger partial charge < -0.3 is 16.4 Å². The van der Waals surface area contributed by atoms with Gasteiger partial charge in [0.15, 0.2) is 0 Å². The monoisotopic (exact) mass is 323 g/mol. The van der Waals surface area contributed by atoms with Gasteiger partial charge in [0, 0.05) is 16.8 Å². The van der Waals surface area contributed by atoms with Crippen LogP contribution < -0.4 is 16.4 Å². The average molecular weight is 324 g/mol. The number of amides is 2. The number of anilines is 1. The van der Waals surface area contributed by atoms with E-state index in [4.69, 9.17) is 17.3 Å². The molecule has 0 aromatic heterocycles. The van der Waals surface area contributed by atoms with Gasteiger partial charge in [-0.3, -0.25) is 9.59 Å². The molecule has 22 heavy (non-hydrogen) atoms. The van der Waals surface area contributed by atoms with Crippen LogP contribution in [0.15, 0.2) is 18.2 Å². The first-order valence-electron chi connectivity index (χ1n) is 7.60. The number of carbonyl (C=O) groups is 2. The minimum Gasteiger partial charge on any atom is -0.376 e. The lowest BCUT2D eigenvalue weighted by Gasteiger charge is -2.29. The van der Waals surface area contributed by atoms with Gasteiger partial charge in [-0.15, -0.1) is 0 Å². The van der Waals surface area contributed by atoms with E-state index >= 15 is 0 Å². The molecule has 0 saturated heterocycles. The van der Waals surface area contributed by atoms with Crippen molar-refractivity contribution in [3.63, 3.8) is 0 Å². The third kappa shape index (κ3) is 4.37. The van der Waals surface area contributed by atoms with Gasteiger partial charge in [-0.1, -0.05) is 31.4 Å². The number of hydrogen-bond acceptors (Lipinski definition) is 3. The van der Waals surface area contributed by atoms with Gasteiger partial charge in [0.05, 0.1) is 12.1 Å². The summed E-state index contributed by atoms with van der Waals surface area (Å²) in [6.45, 7) is 2.27. The lowest BCUT2D eigenvalue weighted by atomic mass is 9.86. The number of halogens is 1. The van der Waals surface area contributed by atoms with Crippen molar-refractivity contribution in [1.82, 2.24) is 5.32 Å². The Kier molecular flexibility index (Phi) is 5.66. The molecule has 0 heterocycles. The third-order valence-corrected chi connectivity index (χ3v) is 4.38. The standard InChI is InChI=1S/C16H22ClN3O2/c1-10-4-2-3-5-13(10)20-15(21)9-19-14-7-6-11(17)8-12(14)16(18)22/h6-8,10,13,19H,2-5,9H2,1H3,(H2,18,22)(H,20,21)/t10-,13-/m0/s1. The van der Waals surface area contributed by atoms with E-state index in [1.54, 1.807) is 12.1 Å². The van der Waals surface area contributed by atoms with Crippen LogP contribution in [0.4, 0.5) is 5.69 Å². The first-order valence-corrected chi connectivity index (χ1v) is 7.97. The fraction of sp³-hybridized carbons (Fsp3) is 0.500. The highest BCUT2D eigenvalue weighted by Crippen LogP contribution is 2.24. The fourth-order valence-corrected chi connectivity index (χ4v) is 3.01. The SMILES string of the molecule is C[C@H]1CCCC[C@@H]1NC(=O)CNc1ccc(Cl)cc1C(N)=O. The summed E-state index contributed by atoms with van der Waals surface area (Å²) in [6, 6.07) is 5.04. The van der Waals surface area contributed by atoms with Gasteiger partial charge in [-0.25, -0.2) is 0 Å². The van der Waals surface area contributed by atoms with Crippen LogP contribution in [0.1, 0.15) is 43.0 Å². The number of benzene rings is 1. The predicted molar refractivity (Wildman–Crippen MR) is 88.0 cm³/mol. The van der Waals surface area contributed by atoms with Crippen molar-refractivity contribution in [2.45, 2.75) is 38.6 Å². The molecule has 0 unspecified atom stereocenters. The lowest BCUT2D eigenvalue weighted by molar-refractivity contribution is -0.120. The first kappa shape index (κ1) is 16.6. The van der Waals surface area contributed by atoms with Crippen molar-refractivity contribution in [3.8, 4) is 0 Å². The Hall–Kier alpha value is -1.75. The molecule has 0 bridgehead atoms. The highest BCUT2D eigenvalue weighted by Gasteiger charge is 2.22. The highest BCUT2D eigenvalue weighted by molar-refractivity contribution is 6.31. The number of hydrogen-bond donors (Lipinski definition) is 3. The Bertz CT molecular complexity index is 562. The summed E-state index contributed by atoms with van der Waals surface area (Å²) in [5.74, 6) is -0.148. The van der Waals surface area contributed by atoms with Gasteiger partial charge in [0.2, 0.25) is 5.91 Å². The van der Waals surface area contributed by atoms with E-state index in [-0.39, 0.29) is 24.1 Å². The highest BCUT2D eigenvalue weighted by atomic mass is 35.5. The number of primary amides is 1. The van der Waals surface area contributed by atoms with Crippen LogP contribution in [0, 0.1) is 5.92 Å². The normalized spacial score (nSPS) is 21.2. The molecule has 1 aliphatic carbocycles.